The summed E-state index contributed by atoms with van der Waals surface area (Å²) in [5.41, 5.74) is -3.54. The van der Waals surface area contributed by atoms with Crippen LogP contribution in [0.25, 0.3) is 0 Å². The monoisotopic (exact) mass is 414 g/mol. The molecule has 0 aromatic rings. The number of rotatable bonds is 5. The summed E-state index contributed by atoms with van der Waals surface area (Å²) in [6, 6.07) is 0. The molecule has 162 valence electrons. The molecule has 28 heavy (non-hydrogen) atoms. The van der Waals surface area contributed by atoms with Crippen molar-refractivity contribution < 1.29 is 35.9 Å². The fraction of sp³-hybridized carbons (Fsp3) is 0.850. The number of alkyl halides is 6. The first kappa shape index (κ1) is 23.1. The fourth-order valence-corrected chi connectivity index (χ4v) is 5.39. The number of esters is 1. The van der Waals surface area contributed by atoms with Crippen LogP contribution in [0.4, 0.5) is 26.3 Å². The second kappa shape index (κ2) is 8.27. The van der Waals surface area contributed by atoms with Crippen LogP contribution in [0.1, 0.15) is 65.2 Å². The molecular weight excluding hydrogens is 386 g/mol. The second-order valence-corrected chi connectivity index (χ2v) is 8.24. The normalized spacial score (nSPS) is 29.1. The summed E-state index contributed by atoms with van der Waals surface area (Å²) in [7, 11) is 0. The van der Waals surface area contributed by atoms with Gasteiger partial charge in [0.1, 0.15) is 6.10 Å². The van der Waals surface area contributed by atoms with Crippen LogP contribution in [0.2, 0.25) is 0 Å². The molecule has 2 aliphatic rings. The van der Waals surface area contributed by atoms with Crippen molar-refractivity contribution in [2.75, 3.05) is 0 Å². The number of ether oxygens (including phenoxy) is 1. The van der Waals surface area contributed by atoms with E-state index in [-0.39, 0.29) is 24.8 Å². The first-order valence-electron chi connectivity index (χ1n) is 9.86. The summed E-state index contributed by atoms with van der Waals surface area (Å²) in [5.74, 6) is -3.42. The highest BCUT2D eigenvalue weighted by atomic mass is 19.4. The molecule has 0 amide bonds. The average molecular weight is 414 g/mol. The van der Waals surface area contributed by atoms with Crippen molar-refractivity contribution in [3.8, 4) is 0 Å². The fourth-order valence-electron chi connectivity index (χ4n) is 5.39. The molecule has 0 radical (unpaired) electrons. The lowest BCUT2D eigenvalue weighted by atomic mass is 9.54. The Hall–Kier alpha value is -1.21. The molecule has 0 saturated heterocycles. The zero-order valence-electron chi connectivity index (χ0n) is 16.3. The molecule has 0 N–H and O–H groups in total. The highest BCUT2D eigenvalue weighted by Gasteiger charge is 2.74. The summed E-state index contributed by atoms with van der Waals surface area (Å²) < 4.78 is 89.4. The lowest BCUT2D eigenvalue weighted by Crippen LogP contribution is -2.59. The van der Waals surface area contributed by atoms with Gasteiger partial charge in [0.05, 0.1) is 0 Å². The second-order valence-electron chi connectivity index (χ2n) is 8.24. The molecule has 4 atom stereocenters. The molecule has 0 aliphatic heterocycles. The Morgan fingerprint density at radius 3 is 2.00 bits per heavy atom. The number of hydrogen-bond donors (Lipinski definition) is 0. The van der Waals surface area contributed by atoms with Crippen LogP contribution in [-0.4, -0.2) is 24.4 Å². The van der Waals surface area contributed by atoms with Crippen molar-refractivity contribution in [1.29, 1.82) is 0 Å². The molecule has 8 heteroatoms. The average Bonchev–Trinajstić information content (AvgIpc) is 2.57. The van der Waals surface area contributed by atoms with Gasteiger partial charge in [0.15, 0.2) is 5.41 Å². The van der Waals surface area contributed by atoms with Crippen LogP contribution in [-0.2, 0) is 9.53 Å². The Bertz CT molecular complexity index is 566. The third kappa shape index (κ3) is 4.06. The van der Waals surface area contributed by atoms with E-state index in [1.54, 1.807) is 0 Å². The van der Waals surface area contributed by atoms with Gasteiger partial charge >= 0.3 is 18.3 Å². The van der Waals surface area contributed by atoms with E-state index in [1.165, 1.54) is 13.8 Å². The van der Waals surface area contributed by atoms with Crippen molar-refractivity contribution in [1.82, 2.24) is 0 Å². The van der Waals surface area contributed by atoms with E-state index in [1.807, 2.05) is 0 Å². The van der Waals surface area contributed by atoms with Gasteiger partial charge < -0.3 is 4.74 Å². The first-order chi connectivity index (χ1) is 12.9. The maximum absolute atomic E-state index is 14.0. The Morgan fingerprint density at radius 1 is 0.964 bits per heavy atom. The summed E-state index contributed by atoms with van der Waals surface area (Å²) >= 11 is 0. The predicted octanol–water partition coefficient (Wildman–Crippen LogP) is 6.60. The molecule has 0 aromatic carbocycles. The van der Waals surface area contributed by atoms with Crippen molar-refractivity contribution >= 4 is 5.97 Å². The molecule has 2 rings (SSSR count). The van der Waals surface area contributed by atoms with Crippen LogP contribution in [0.5, 0.6) is 0 Å². The van der Waals surface area contributed by atoms with E-state index in [2.05, 4.69) is 6.58 Å². The van der Waals surface area contributed by atoms with Gasteiger partial charge in [-0.05, 0) is 63.2 Å². The number of hydrogen-bond acceptors (Lipinski definition) is 2. The maximum atomic E-state index is 14.0. The standard InChI is InChI=1S/C20H28F6O2/c1-4-11-18(19(21,22)23,20(24,25)26)15-9-5-8-14-13(15)7-6-10-16(14)28-17(27)12(2)3/h13-16H,2,4-11H2,1,3H3. The minimum absolute atomic E-state index is 0.110. The third-order valence-corrected chi connectivity index (χ3v) is 6.52. The van der Waals surface area contributed by atoms with Crippen LogP contribution < -0.4 is 0 Å². The van der Waals surface area contributed by atoms with Gasteiger partial charge in [-0.25, -0.2) is 4.79 Å². The molecule has 0 aromatic heterocycles. The van der Waals surface area contributed by atoms with Crippen molar-refractivity contribution in [2.45, 2.75) is 83.7 Å². The Labute approximate surface area is 161 Å². The molecule has 0 heterocycles. The van der Waals surface area contributed by atoms with Crippen molar-refractivity contribution in [2.24, 2.45) is 23.2 Å². The topological polar surface area (TPSA) is 26.3 Å². The summed E-state index contributed by atoms with van der Waals surface area (Å²) in [6.07, 6.45) is -10.7. The Morgan fingerprint density at radius 2 is 1.50 bits per heavy atom. The Kier molecular flexibility index (Phi) is 6.81. The van der Waals surface area contributed by atoms with Crippen molar-refractivity contribution in [3.05, 3.63) is 12.2 Å². The van der Waals surface area contributed by atoms with Crippen LogP contribution in [0.15, 0.2) is 12.2 Å². The summed E-state index contributed by atoms with van der Waals surface area (Å²) in [4.78, 5) is 11.9. The lowest BCUT2D eigenvalue weighted by Gasteiger charge is -2.53. The maximum Gasteiger partial charge on any atom is 0.403 e. The zero-order chi connectivity index (χ0) is 21.3. The van der Waals surface area contributed by atoms with E-state index in [0.717, 1.165) is 0 Å². The molecule has 2 nitrogen and oxygen atoms in total. The van der Waals surface area contributed by atoms with Gasteiger partial charge in [0.2, 0.25) is 0 Å². The van der Waals surface area contributed by atoms with Crippen LogP contribution >= 0.6 is 0 Å². The number of halogens is 6. The number of carbonyl (C=O) groups is 1. The van der Waals surface area contributed by atoms with Crippen LogP contribution in [0, 0.1) is 23.2 Å². The van der Waals surface area contributed by atoms with E-state index in [9.17, 15) is 31.1 Å². The first-order valence-corrected chi connectivity index (χ1v) is 9.86. The molecule has 2 aliphatic carbocycles. The smallest absolute Gasteiger partial charge is 0.403 e. The molecule has 2 fully saturated rings. The molecule has 0 spiro atoms. The third-order valence-electron chi connectivity index (χ3n) is 6.52. The van der Waals surface area contributed by atoms with Gasteiger partial charge in [0.25, 0.3) is 0 Å². The lowest BCUT2D eigenvalue weighted by molar-refractivity contribution is -0.371. The van der Waals surface area contributed by atoms with E-state index < -0.39 is 54.0 Å². The van der Waals surface area contributed by atoms with Crippen LogP contribution in [0.3, 0.4) is 0 Å². The SMILES string of the molecule is C=C(C)C(=O)OC1CCCC2C1CCCC2C(CCC)(C(F)(F)F)C(F)(F)F. The number of fused-ring (bicyclic) bond motifs is 1. The summed E-state index contributed by atoms with van der Waals surface area (Å²) in [5, 5.41) is 0. The van der Waals surface area contributed by atoms with Crippen molar-refractivity contribution in [3.63, 3.8) is 0 Å². The van der Waals surface area contributed by atoms with E-state index in [4.69, 9.17) is 4.74 Å². The number of carbonyl (C=O) groups excluding carboxylic acids is 1. The van der Waals surface area contributed by atoms with Gasteiger partial charge in [-0.15, -0.1) is 0 Å². The van der Waals surface area contributed by atoms with Gasteiger partial charge in [-0.1, -0.05) is 26.3 Å². The van der Waals surface area contributed by atoms with Gasteiger partial charge in [-0.2, -0.15) is 26.3 Å². The highest BCUT2D eigenvalue weighted by molar-refractivity contribution is 5.87. The highest BCUT2D eigenvalue weighted by Crippen LogP contribution is 2.64. The molecule has 4 unspecified atom stereocenters. The molecular formula is C20H28F6O2. The minimum Gasteiger partial charge on any atom is -0.459 e. The predicted molar refractivity (Wildman–Crippen MR) is 92.3 cm³/mol. The quantitative estimate of drug-likeness (QED) is 0.288. The van der Waals surface area contributed by atoms with E-state index in [0.29, 0.717) is 25.7 Å². The zero-order valence-corrected chi connectivity index (χ0v) is 16.3. The largest absolute Gasteiger partial charge is 0.459 e. The summed E-state index contributed by atoms with van der Waals surface area (Å²) in [6.45, 7) is 6.31. The van der Waals surface area contributed by atoms with Gasteiger partial charge in [-0.3, -0.25) is 0 Å². The minimum atomic E-state index is -5.38. The van der Waals surface area contributed by atoms with Gasteiger partial charge in [0, 0.05) is 5.57 Å². The van der Waals surface area contributed by atoms with E-state index >= 15 is 0 Å². The Balaban J connectivity index is 2.43. The molecule has 0 bridgehead atoms. The molecule has 2 saturated carbocycles.